The van der Waals surface area contributed by atoms with Gasteiger partial charge in [0.25, 0.3) is 0 Å². The van der Waals surface area contributed by atoms with Crippen molar-refractivity contribution >= 4 is 15.8 Å². The molecule has 4 heterocycles. The molecule has 0 spiro atoms. The van der Waals surface area contributed by atoms with E-state index in [2.05, 4.69) is 16.0 Å². The SMILES string of the molecule is COc1ccc(OC2CCN(c3nc4c(cc3C)CN(S(C)(=O)=O)C4)CC2)cn1. The first-order chi connectivity index (χ1) is 13.8. The molecule has 0 amide bonds. The third-order valence-electron chi connectivity index (χ3n) is 5.46. The van der Waals surface area contributed by atoms with Crippen LogP contribution in [-0.2, 0) is 23.1 Å². The van der Waals surface area contributed by atoms with Crippen LogP contribution < -0.4 is 14.4 Å². The topological polar surface area (TPSA) is 84.9 Å². The first-order valence-electron chi connectivity index (χ1n) is 9.69. The maximum Gasteiger partial charge on any atom is 0.213 e. The molecule has 8 nitrogen and oxygen atoms in total. The minimum absolute atomic E-state index is 0.136. The average molecular weight is 419 g/mol. The number of pyridine rings is 2. The molecule has 2 aliphatic heterocycles. The molecule has 2 aromatic heterocycles. The zero-order valence-corrected chi connectivity index (χ0v) is 17.8. The molecule has 1 fully saturated rings. The van der Waals surface area contributed by atoms with Crippen molar-refractivity contribution in [3.05, 3.63) is 41.2 Å². The normalized spacial score (nSPS) is 18.0. The van der Waals surface area contributed by atoms with Crippen LogP contribution in [0.1, 0.15) is 29.7 Å². The van der Waals surface area contributed by atoms with Crippen molar-refractivity contribution in [2.75, 3.05) is 31.4 Å². The van der Waals surface area contributed by atoms with Gasteiger partial charge in [-0.2, -0.15) is 4.31 Å². The van der Waals surface area contributed by atoms with Gasteiger partial charge in [0.2, 0.25) is 15.9 Å². The van der Waals surface area contributed by atoms with Gasteiger partial charge in [-0.3, -0.25) is 0 Å². The van der Waals surface area contributed by atoms with Gasteiger partial charge < -0.3 is 14.4 Å². The molecule has 2 aromatic rings. The van der Waals surface area contributed by atoms with Gasteiger partial charge in [0.1, 0.15) is 17.7 Å². The number of hydrogen-bond donors (Lipinski definition) is 0. The fraction of sp³-hybridized carbons (Fsp3) is 0.500. The van der Waals surface area contributed by atoms with Gasteiger partial charge in [0, 0.05) is 38.5 Å². The van der Waals surface area contributed by atoms with Crippen LogP contribution in [-0.4, -0.2) is 55.3 Å². The summed E-state index contributed by atoms with van der Waals surface area (Å²) < 4.78 is 36.3. The van der Waals surface area contributed by atoms with E-state index in [1.807, 2.05) is 13.0 Å². The summed E-state index contributed by atoms with van der Waals surface area (Å²) in [6.45, 7) is 4.49. The van der Waals surface area contributed by atoms with Crippen LogP contribution in [0.15, 0.2) is 24.4 Å². The van der Waals surface area contributed by atoms with Gasteiger partial charge >= 0.3 is 0 Å². The lowest BCUT2D eigenvalue weighted by Gasteiger charge is -2.34. The Morgan fingerprint density at radius 1 is 1.17 bits per heavy atom. The smallest absolute Gasteiger partial charge is 0.213 e. The monoisotopic (exact) mass is 418 g/mol. The van der Waals surface area contributed by atoms with Crippen LogP contribution in [0.5, 0.6) is 11.6 Å². The third-order valence-corrected chi connectivity index (χ3v) is 6.66. The predicted octanol–water partition coefficient (Wildman–Crippen LogP) is 2.12. The van der Waals surface area contributed by atoms with Crippen molar-refractivity contribution in [2.24, 2.45) is 0 Å². The van der Waals surface area contributed by atoms with Crippen molar-refractivity contribution < 1.29 is 17.9 Å². The lowest BCUT2D eigenvalue weighted by molar-refractivity contribution is 0.169. The second-order valence-corrected chi connectivity index (χ2v) is 9.59. The Bertz CT molecular complexity index is 986. The molecule has 29 heavy (non-hydrogen) atoms. The van der Waals surface area contributed by atoms with E-state index >= 15 is 0 Å². The highest BCUT2D eigenvalue weighted by atomic mass is 32.2. The van der Waals surface area contributed by atoms with Crippen molar-refractivity contribution in [3.8, 4) is 11.6 Å². The van der Waals surface area contributed by atoms with Gasteiger partial charge in [-0.05, 0) is 30.2 Å². The van der Waals surface area contributed by atoms with E-state index in [0.717, 1.165) is 54.3 Å². The lowest BCUT2D eigenvalue weighted by Crippen LogP contribution is -2.39. The Labute approximate surface area is 171 Å². The molecule has 1 saturated heterocycles. The number of aromatic nitrogens is 2. The van der Waals surface area contributed by atoms with Crippen molar-refractivity contribution in [1.29, 1.82) is 0 Å². The van der Waals surface area contributed by atoms with Crippen LogP contribution in [0, 0.1) is 6.92 Å². The zero-order valence-electron chi connectivity index (χ0n) is 17.0. The quantitative estimate of drug-likeness (QED) is 0.735. The average Bonchev–Trinajstić information content (AvgIpc) is 3.12. The molecule has 0 aromatic carbocycles. The van der Waals surface area contributed by atoms with Gasteiger partial charge in [0.05, 0.1) is 31.8 Å². The highest BCUT2D eigenvalue weighted by Gasteiger charge is 2.29. The minimum atomic E-state index is -3.21. The zero-order chi connectivity index (χ0) is 20.6. The minimum Gasteiger partial charge on any atom is -0.489 e. The molecule has 0 N–H and O–H groups in total. The molecule has 4 rings (SSSR count). The van der Waals surface area contributed by atoms with Gasteiger partial charge in [-0.25, -0.2) is 18.4 Å². The Morgan fingerprint density at radius 3 is 2.55 bits per heavy atom. The summed E-state index contributed by atoms with van der Waals surface area (Å²) in [4.78, 5) is 11.3. The molecule has 0 radical (unpaired) electrons. The van der Waals surface area contributed by atoms with Crippen molar-refractivity contribution in [2.45, 2.75) is 39.0 Å². The van der Waals surface area contributed by atoms with E-state index in [9.17, 15) is 8.42 Å². The number of sulfonamides is 1. The lowest BCUT2D eigenvalue weighted by atomic mass is 10.1. The molecular weight excluding hydrogens is 392 g/mol. The van der Waals surface area contributed by atoms with E-state index in [4.69, 9.17) is 14.5 Å². The summed E-state index contributed by atoms with van der Waals surface area (Å²) in [5.74, 6) is 2.26. The highest BCUT2D eigenvalue weighted by Crippen LogP contribution is 2.30. The van der Waals surface area contributed by atoms with E-state index in [1.54, 1.807) is 19.4 Å². The maximum atomic E-state index is 11.9. The number of piperidine rings is 1. The largest absolute Gasteiger partial charge is 0.489 e. The number of ether oxygens (including phenoxy) is 2. The number of fused-ring (bicyclic) bond motifs is 1. The van der Waals surface area contributed by atoms with E-state index in [0.29, 0.717) is 19.0 Å². The van der Waals surface area contributed by atoms with Gasteiger partial charge in [-0.1, -0.05) is 0 Å². The predicted molar refractivity (Wildman–Crippen MR) is 110 cm³/mol. The van der Waals surface area contributed by atoms with E-state index in [1.165, 1.54) is 10.6 Å². The molecule has 0 unspecified atom stereocenters. The molecular formula is C20H26N4O4S. The Hall–Kier alpha value is -2.39. The summed E-state index contributed by atoms with van der Waals surface area (Å²) in [5.41, 5.74) is 2.94. The van der Waals surface area contributed by atoms with Crippen LogP contribution in [0.2, 0.25) is 0 Å². The molecule has 2 aliphatic rings. The van der Waals surface area contributed by atoms with Gasteiger partial charge in [-0.15, -0.1) is 0 Å². The molecule has 0 aliphatic carbocycles. The second-order valence-electron chi connectivity index (χ2n) is 7.61. The van der Waals surface area contributed by atoms with Crippen molar-refractivity contribution in [3.63, 3.8) is 0 Å². The molecule has 0 atom stereocenters. The van der Waals surface area contributed by atoms with Crippen LogP contribution >= 0.6 is 0 Å². The first kappa shape index (κ1) is 19.9. The standard InChI is InChI=1S/C20H26N4O4S/c1-14-10-15-12-24(29(3,25)26)13-18(15)22-20(14)23-8-6-16(7-9-23)28-17-4-5-19(27-2)21-11-17/h4-5,10-11,16H,6-9,12-13H2,1-3H3. The molecule has 9 heteroatoms. The summed E-state index contributed by atoms with van der Waals surface area (Å²) >= 11 is 0. The molecule has 156 valence electrons. The summed E-state index contributed by atoms with van der Waals surface area (Å²) in [5, 5.41) is 0. The third kappa shape index (κ3) is 4.30. The fourth-order valence-electron chi connectivity index (χ4n) is 3.87. The number of rotatable bonds is 5. The first-order valence-corrected chi connectivity index (χ1v) is 11.5. The van der Waals surface area contributed by atoms with E-state index < -0.39 is 10.0 Å². The van der Waals surface area contributed by atoms with Crippen LogP contribution in [0.3, 0.4) is 0 Å². The fourth-order valence-corrected chi connectivity index (χ4v) is 4.60. The number of hydrogen-bond acceptors (Lipinski definition) is 7. The van der Waals surface area contributed by atoms with Crippen molar-refractivity contribution in [1.82, 2.24) is 14.3 Å². The maximum absolute atomic E-state index is 11.9. The number of nitrogens with zero attached hydrogens (tertiary/aromatic N) is 4. The summed E-state index contributed by atoms with van der Waals surface area (Å²) in [7, 11) is -1.62. The highest BCUT2D eigenvalue weighted by molar-refractivity contribution is 7.88. The molecule has 0 bridgehead atoms. The number of anilines is 1. The Kier molecular flexibility index (Phi) is 5.35. The summed E-state index contributed by atoms with van der Waals surface area (Å²) in [6.07, 6.45) is 4.84. The Balaban J connectivity index is 1.40. The van der Waals surface area contributed by atoms with E-state index in [-0.39, 0.29) is 6.10 Å². The number of methoxy groups -OCH3 is 1. The number of aryl methyl sites for hydroxylation is 1. The van der Waals surface area contributed by atoms with Crippen LogP contribution in [0.25, 0.3) is 0 Å². The summed E-state index contributed by atoms with van der Waals surface area (Å²) in [6, 6.07) is 5.74. The van der Waals surface area contributed by atoms with Gasteiger partial charge in [0.15, 0.2) is 0 Å². The second kappa shape index (κ2) is 7.79. The molecule has 0 saturated carbocycles. The van der Waals surface area contributed by atoms with Crippen LogP contribution in [0.4, 0.5) is 5.82 Å². The Morgan fingerprint density at radius 2 is 1.93 bits per heavy atom.